The van der Waals surface area contributed by atoms with Crippen molar-refractivity contribution in [3.63, 3.8) is 0 Å². The Morgan fingerprint density at radius 3 is 2.83 bits per heavy atom. The molecule has 3 heteroatoms. The molecule has 66 valence electrons. The van der Waals surface area contributed by atoms with Crippen LogP contribution in [0.3, 0.4) is 0 Å². The molecule has 0 bridgehead atoms. The van der Waals surface area contributed by atoms with Gasteiger partial charge in [-0.25, -0.2) is 5.10 Å². The molecule has 1 aromatic rings. The lowest BCUT2D eigenvalue weighted by atomic mass is 10.1. The number of rotatable bonds is 3. The quantitative estimate of drug-likeness (QED) is 0.735. The second-order valence-corrected chi connectivity index (χ2v) is 2.82. The normalized spacial score (nSPS) is 10.2. The summed E-state index contributed by atoms with van der Waals surface area (Å²) < 4.78 is 0. The molecule has 0 spiro atoms. The van der Waals surface area contributed by atoms with Crippen LogP contribution in [0.25, 0.3) is 0 Å². The molecule has 0 aromatic carbocycles. The third kappa shape index (κ3) is 1.94. The maximum atomic E-state index is 11.1. The van der Waals surface area contributed by atoms with Gasteiger partial charge in [0.1, 0.15) is 0 Å². The molecular weight excluding hydrogens is 152 g/mol. The van der Waals surface area contributed by atoms with E-state index in [0.717, 1.165) is 30.5 Å². The lowest BCUT2D eigenvalue weighted by Gasteiger charge is -1.98. The Labute approximate surface area is 71.8 Å². The van der Waals surface area contributed by atoms with Gasteiger partial charge in [0.25, 0.3) is 5.56 Å². The van der Waals surface area contributed by atoms with Crippen LogP contribution in [0.2, 0.25) is 0 Å². The van der Waals surface area contributed by atoms with Gasteiger partial charge in [0.05, 0.1) is 5.69 Å². The Kier molecular flexibility index (Phi) is 3.02. The van der Waals surface area contributed by atoms with Gasteiger partial charge in [-0.15, -0.1) is 0 Å². The monoisotopic (exact) mass is 166 g/mol. The highest BCUT2D eigenvalue weighted by Crippen LogP contribution is 1.98. The van der Waals surface area contributed by atoms with E-state index in [1.165, 1.54) is 0 Å². The maximum absolute atomic E-state index is 11.1. The Balaban J connectivity index is 2.97. The van der Waals surface area contributed by atoms with Gasteiger partial charge in [-0.2, -0.15) is 5.10 Å². The number of hydrogen-bond acceptors (Lipinski definition) is 2. The van der Waals surface area contributed by atoms with Crippen molar-refractivity contribution in [2.75, 3.05) is 0 Å². The van der Waals surface area contributed by atoms with E-state index in [-0.39, 0.29) is 5.56 Å². The number of hydrogen-bond donors (Lipinski definition) is 1. The molecular formula is C9H14N2O. The van der Waals surface area contributed by atoms with Crippen LogP contribution in [0.4, 0.5) is 0 Å². The minimum Gasteiger partial charge on any atom is -0.268 e. The summed E-state index contributed by atoms with van der Waals surface area (Å²) in [5, 5.41) is 6.44. The first-order chi connectivity index (χ1) is 5.77. The van der Waals surface area contributed by atoms with E-state index < -0.39 is 0 Å². The summed E-state index contributed by atoms with van der Waals surface area (Å²) >= 11 is 0. The van der Waals surface area contributed by atoms with Crippen LogP contribution in [-0.2, 0) is 12.8 Å². The van der Waals surface area contributed by atoms with Gasteiger partial charge >= 0.3 is 0 Å². The van der Waals surface area contributed by atoms with Gasteiger partial charge in [0.2, 0.25) is 0 Å². The Bertz CT molecular complexity index is 304. The lowest BCUT2D eigenvalue weighted by Crippen LogP contribution is -2.14. The summed E-state index contributed by atoms with van der Waals surface area (Å²) in [4.78, 5) is 11.1. The number of aromatic nitrogens is 2. The number of aryl methyl sites for hydroxylation is 2. The van der Waals surface area contributed by atoms with E-state index in [1.54, 1.807) is 0 Å². The summed E-state index contributed by atoms with van der Waals surface area (Å²) in [5.74, 6) is 0. The molecule has 1 aromatic heterocycles. The number of aromatic amines is 1. The molecule has 0 aliphatic rings. The van der Waals surface area contributed by atoms with Gasteiger partial charge in [-0.1, -0.05) is 20.3 Å². The Morgan fingerprint density at radius 1 is 1.50 bits per heavy atom. The van der Waals surface area contributed by atoms with Crippen molar-refractivity contribution < 1.29 is 0 Å². The fourth-order valence-corrected chi connectivity index (χ4v) is 1.14. The summed E-state index contributed by atoms with van der Waals surface area (Å²) in [6, 6.07) is 1.89. The topological polar surface area (TPSA) is 45.8 Å². The van der Waals surface area contributed by atoms with E-state index in [1.807, 2.05) is 13.0 Å². The fourth-order valence-electron chi connectivity index (χ4n) is 1.14. The zero-order chi connectivity index (χ0) is 8.97. The van der Waals surface area contributed by atoms with E-state index in [9.17, 15) is 4.79 Å². The minimum atomic E-state index is -0.0580. The third-order valence-corrected chi connectivity index (χ3v) is 1.82. The van der Waals surface area contributed by atoms with Gasteiger partial charge in [-0.3, -0.25) is 4.79 Å². The van der Waals surface area contributed by atoms with Crippen molar-refractivity contribution in [1.29, 1.82) is 0 Å². The number of H-pyrrole nitrogens is 1. The molecule has 0 unspecified atom stereocenters. The van der Waals surface area contributed by atoms with Crippen molar-refractivity contribution in [2.24, 2.45) is 0 Å². The molecule has 3 nitrogen and oxygen atoms in total. The SMILES string of the molecule is CCCc1cc(CC)c(=O)[nH]n1. The van der Waals surface area contributed by atoms with Crippen molar-refractivity contribution in [3.05, 3.63) is 27.7 Å². The zero-order valence-corrected chi connectivity index (χ0v) is 7.55. The highest BCUT2D eigenvalue weighted by atomic mass is 16.1. The van der Waals surface area contributed by atoms with E-state index in [0.29, 0.717) is 0 Å². The van der Waals surface area contributed by atoms with Crippen LogP contribution >= 0.6 is 0 Å². The number of nitrogens with one attached hydrogen (secondary N) is 1. The highest BCUT2D eigenvalue weighted by Gasteiger charge is 1.99. The molecule has 0 amide bonds. The van der Waals surface area contributed by atoms with Gasteiger partial charge in [0, 0.05) is 5.56 Å². The first-order valence-electron chi connectivity index (χ1n) is 4.35. The largest absolute Gasteiger partial charge is 0.268 e. The molecule has 0 aliphatic heterocycles. The third-order valence-electron chi connectivity index (χ3n) is 1.82. The standard InChI is InChI=1S/C9H14N2O/c1-3-5-8-6-7(4-2)9(12)11-10-8/h6H,3-5H2,1-2H3,(H,11,12). The van der Waals surface area contributed by atoms with Crippen LogP contribution in [0, 0.1) is 0 Å². The van der Waals surface area contributed by atoms with Crippen molar-refractivity contribution >= 4 is 0 Å². The van der Waals surface area contributed by atoms with E-state index >= 15 is 0 Å². The Morgan fingerprint density at radius 2 is 2.25 bits per heavy atom. The summed E-state index contributed by atoms with van der Waals surface area (Å²) in [5.41, 5.74) is 1.75. The van der Waals surface area contributed by atoms with Crippen LogP contribution in [0.1, 0.15) is 31.5 Å². The minimum absolute atomic E-state index is 0.0580. The molecule has 1 heterocycles. The Hall–Kier alpha value is -1.12. The zero-order valence-electron chi connectivity index (χ0n) is 7.55. The predicted octanol–water partition coefficient (Wildman–Crippen LogP) is 1.28. The first kappa shape index (κ1) is 8.97. The first-order valence-corrected chi connectivity index (χ1v) is 4.35. The average molecular weight is 166 g/mol. The average Bonchev–Trinajstić information content (AvgIpc) is 2.09. The summed E-state index contributed by atoms with van der Waals surface area (Å²) in [6.07, 6.45) is 2.76. The second kappa shape index (κ2) is 4.04. The lowest BCUT2D eigenvalue weighted by molar-refractivity contribution is 0.813. The van der Waals surface area contributed by atoms with Crippen molar-refractivity contribution in [1.82, 2.24) is 10.2 Å². The molecule has 1 rings (SSSR count). The second-order valence-electron chi connectivity index (χ2n) is 2.82. The molecule has 0 saturated carbocycles. The van der Waals surface area contributed by atoms with Gasteiger partial charge in [-0.05, 0) is 18.9 Å². The smallest absolute Gasteiger partial charge is 0.267 e. The predicted molar refractivity (Wildman–Crippen MR) is 48.2 cm³/mol. The van der Waals surface area contributed by atoms with E-state index in [2.05, 4.69) is 17.1 Å². The summed E-state index contributed by atoms with van der Waals surface area (Å²) in [7, 11) is 0. The van der Waals surface area contributed by atoms with Gasteiger partial charge in [0.15, 0.2) is 0 Å². The maximum Gasteiger partial charge on any atom is 0.267 e. The van der Waals surface area contributed by atoms with Crippen LogP contribution in [0.5, 0.6) is 0 Å². The molecule has 0 saturated heterocycles. The van der Waals surface area contributed by atoms with Crippen LogP contribution in [0.15, 0.2) is 10.9 Å². The van der Waals surface area contributed by atoms with Crippen LogP contribution in [-0.4, -0.2) is 10.2 Å². The van der Waals surface area contributed by atoms with Crippen LogP contribution < -0.4 is 5.56 Å². The number of nitrogens with zero attached hydrogens (tertiary/aromatic N) is 1. The molecule has 0 aliphatic carbocycles. The molecule has 1 N–H and O–H groups in total. The van der Waals surface area contributed by atoms with Gasteiger partial charge < -0.3 is 0 Å². The highest BCUT2D eigenvalue weighted by molar-refractivity contribution is 5.12. The molecule has 0 atom stereocenters. The molecule has 0 radical (unpaired) electrons. The molecule has 0 fully saturated rings. The fraction of sp³-hybridized carbons (Fsp3) is 0.556. The van der Waals surface area contributed by atoms with E-state index in [4.69, 9.17) is 0 Å². The van der Waals surface area contributed by atoms with Crippen molar-refractivity contribution in [2.45, 2.75) is 33.1 Å². The molecule has 12 heavy (non-hydrogen) atoms. The van der Waals surface area contributed by atoms with Crippen molar-refractivity contribution in [3.8, 4) is 0 Å². The summed E-state index contributed by atoms with van der Waals surface area (Å²) in [6.45, 7) is 4.07.